The third-order valence-corrected chi connectivity index (χ3v) is 3.38. The third-order valence-electron chi connectivity index (χ3n) is 2.23. The van der Waals surface area contributed by atoms with E-state index in [2.05, 4.69) is 26.1 Å². The molecule has 0 aliphatic rings. The summed E-state index contributed by atoms with van der Waals surface area (Å²) >= 11 is 1.88. The Labute approximate surface area is 97.1 Å². The van der Waals surface area contributed by atoms with Crippen LogP contribution >= 0.6 is 11.3 Å². The normalized spacial score (nSPS) is 11.3. The van der Waals surface area contributed by atoms with E-state index in [1.54, 1.807) is 0 Å². The standard InChI is InChI=1S/C12H22N2S/c1-5-6-12-14-10(7-9(2)3)11(15-12)8-13-4/h9,13H,5-8H2,1-4H3. The van der Waals surface area contributed by atoms with Crippen LogP contribution in [0.3, 0.4) is 0 Å². The summed E-state index contributed by atoms with van der Waals surface area (Å²) in [6.45, 7) is 7.68. The summed E-state index contributed by atoms with van der Waals surface area (Å²) in [5.74, 6) is 0.692. The molecule has 15 heavy (non-hydrogen) atoms. The lowest BCUT2D eigenvalue weighted by Gasteiger charge is -2.03. The molecule has 0 radical (unpaired) electrons. The molecule has 0 atom stereocenters. The van der Waals surface area contributed by atoms with Crippen LogP contribution in [0.2, 0.25) is 0 Å². The van der Waals surface area contributed by atoms with Gasteiger partial charge in [0.15, 0.2) is 0 Å². The minimum Gasteiger partial charge on any atom is -0.315 e. The van der Waals surface area contributed by atoms with Crippen LogP contribution in [0.5, 0.6) is 0 Å². The van der Waals surface area contributed by atoms with E-state index in [1.807, 2.05) is 18.4 Å². The number of aryl methyl sites for hydroxylation is 1. The number of hydrogen-bond acceptors (Lipinski definition) is 3. The molecule has 0 aliphatic heterocycles. The fourth-order valence-electron chi connectivity index (χ4n) is 1.60. The van der Waals surface area contributed by atoms with Crippen molar-refractivity contribution in [3.8, 4) is 0 Å². The van der Waals surface area contributed by atoms with Crippen LogP contribution in [-0.4, -0.2) is 12.0 Å². The minimum absolute atomic E-state index is 0.692. The molecule has 1 N–H and O–H groups in total. The fraction of sp³-hybridized carbons (Fsp3) is 0.750. The molecular weight excluding hydrogens is 204 g/mol. The second-order valence-electron chi connectivity index (χ2n) is 4.36. The largest absolute Gasteiger partial charge is 0.315 e. The summed E-state index contributed by atoms with van der Waals surface area (Å²) < 4.78 is 0. The van der Waals surface area contributed by atoms with Gasteiger partial charge in [-0.05, 0) is 32.2 Å². The average molecular weight is 226 g/mol. The van der Waals surface area contributed by atoms with Gasteiger partial charge in [-0.3, -0.25) is 0 Å². The molecule has 0 amide bonds. The smallest absolute Gasteiger partial charge is 0.0931 e. The molecule has 0 saturated carbocycles. The maximum atomic E-state index is 4.74. The lowest BCUT2D eigenvalue weighted by Crippen LogP contribution is -2.07. The summed E-state index contributed by atoms with van der Waals surface area (Å²) in [5, 5.41) is 4.53. The number of hydrogen-bond donors (Lipinski definition) is 1. The van der Waals surface area contributed by atoms with E-state index in [0.717, 1.165) is 19.4 Å². The van der Waals surface area contributed by atoms with Gasteiger partial charge >= 0.3 is 0 Å². The Morgan fingerprint density at radius 3 is 2.67 bits per heavy atom. The SMILES string of the molecule is CCCc1nc(CC(C)C)c(CNC)s1. The zero-order valence-electron chi connectivity index (χ0n) is 10.3. The maximum Gasteiger partial charge on any atom is 0.0931 e. The lowest BCUT2D eigenvalue weighted by molar-refractivity contribution is 0.629. The molecule has 0 fully saturated rings. The molecule has 86 valence electrons. The van der Waals surface area contributed by atoms with Gasteiger partial charge < -0.3 is 5.32 Å². The first-order valence-electron chi connectivity index (χ1n) is 5.79. The highest BCUT2D eigenvalue weighted by Crippen LogP contribution is 2.22. The van der Waals surface area contributed by atoms with Gasteiger partial charge in [-0.15, -0.1) is 11.3 Å². The number of thiazole rings is 1. The first-order valence-corrected chi connectivity index (χ1v) is 6.61. The Kier molecular flexibility index (Phi) is 5.26. The van der Waals surface area contributed by atoms with Crippen LogP contribution in [0.4, 0.5) is 0 Å². The van der Waals surface area contributed by atoms with Crippen LogP contribution in [0.15, 0.2) is 0 Å². The van der Waals surface area contributed by atoms with E-state index >= 15 is 0 Å². The van der Waals surface area contributed by atoms with Gasteiger partial charge in [0.2, 0.25) is 0 Å². The van der Waals surface area contributed by atoms with Crippen LogP contribution in [-0.2, 0) is 19.4 Å². The highest BCUT2D eigenvalue weighted by Gasteiger charge is 2.11. The molecule has 0 bridgehead atoms. The summed E-state index contributed by atoms with van der Waals surface area (Å²) in [5.41, 5.74) is 1.31. The first kappa shape index (κ1) is 12.7. The van der Waals surface area contributed by atoms with Crippen molar-refractivity contribution in [3.63, 3.8) is 0 Å². The summed E-state index contributed by atoms with van der Waals surface area (Å²) in [4.78, 5) is 6.16. The van der Waals surface area contributed by atoms with Gasteiger partial charge in [0.05, 0.1) is 10.7 Å². The zero-order valence-corrected chi connectivity index (χ0v) is 11.1. The van der Waals surface area contributed by atoms with E-state index < -0.39 is 0 Å². The van der Waals surface area contributed by atoms with Crippen molar-refractivity contribution in [1.82, 2.24) is 10.3 Å². The van der Waals surface area contributed by atoms with E-state index in [9.17, 15) is 0 Å². The molecule has 1 rings (SSSR count). The fourth-order valence-corrected chi connectivity index (χ4v) is 2.81. The molecule has 0 aromatic carbocycles. The van der Waals surface area contributed by atoms with Crippen molar-refractivity contribution < 1.29 is 0 Å². The summed E-state index contributed by atoms with van der Waals surface area (Å²) in [6, 6.07) is 0. The first-order chi connectivity index (χ1) is 7.17. The predicted octanol–water partition coefficient (Wildman–Crippen LogP) is 3.01. The van der Waals surface area contributed by atoms with Crippen molar-refractivity contribution in [3.05, 3.63) is 15.6 Å². The van der Waals surface area contributed by atoms with E-state index in [4.69, 9.17) is 4.98 Å². The second kappa shape index (κ2) is 6.23. The van der Waals surface area contributed by atoms with E-state index in [1.165, 1.54) is 22.0 Å². The predicted molar refractivity (Wildman–Crippen MR) is 67.4 cm³/mol. The molecule has 0 unspecified atom stereocenters. The Balaban J connectivity index is 2.79. The summed E-state index contributed by atoms with van der Waals surface area (Å²) in [7, 11) is 2.00. The molecular formula is C12H22N2S. The number of rotatable bonds is 6. The number of aromatic nitrogens is 1. The molecule has 0 saturated heterocycles. The van der Waals surface area contributed by atoms with Crippen LogP contribution in [0.1, 0.15) is 42.8 Å². The highest BCUT2D eigenvalue weighted by atomic mass is 32.1. The molecule has 1 aromatic heterocycles. The highest BCUT2D eigenvalue weighted by molar-refractivity contribution is 7.11. The molecule has 0 spiro atoms. The quantitative estimate of drug-likeness (QED) is 0.806. The Hall–Kier alpha value is -0.410. The molecule has 1 aromatic rings. The van der Waals surface area contributed by atoms with Crippen LogP contribution in [0, 0.1) is 5.92 Å². The Morgan fingerprint density at radius 1 is 1.40 bits per heavy atom. The molecule has 3 heteroatoms. The van der Waals surface area contributed by atoms with Gasteiger partial charge in [-0.1, -0.05) is 20.8 Å². The van der Waals surface area contributed by atoms with Gasteiger partial charge in [-0.2, -0.15) is 0 Å². The van der Waals surface area contributed by atoms with E-state index in [-0.39, 0.29) is 0 Å². The average Bonchev–Trinajstić information content (AvgIpc) is 2.48. The number of nitrogens with zero attached hydrogens (tertiary/aromatic N) is 1. The topological polar surface area (TPSA) is 24.9 Å². The summed E-state index contributed by atoms with van der Waals surface area (Å²) in [6.07, 6.45) is 3.42. The third kappa shape index (κ3) is 3.92. The monoisotopic (exact) mass is 226 g/mol. The Morgan fingerprint density at radius 2 is 2.13 bits per heavy atom. The number of nitrogens with one attached hydrogen (secondary N) is 1. The second-order valence-corrected chi connectivity index (χ2v) is 5.52. The minimum atomic E-state index is 0.692. The lowest BCUT2D eigenvalue weighted by atomic mass is 10.1. The van der Waals surface area contributed by atoms with Crippen molar-refractivity contribution in [2.45, 2.75) is 46.6 Å². The molecule has 2 nitrogen and oxygen atoms in total. The molecule has 1 heterocycles. The maximum absolute atomic E-state index is 4.74. The van der Waals surface area contributed by atoms with Gasteiger partial charge in [0.25, 0.3) is 0 Å². The van der Waals surface area contributed by atoms with Crippen molar-refractivity contribution in [2.24, 2.45) is 5.92 Å². The van der Waals surface area contributed by atoms with E-state index in [0.29, 0.717) is 5.92 Å². The van der Waals surface area contributed by atoms with Crippen molar-refractivity contribution in [2.75, 3.05) is 7.05 Å². The van der Waals surface area contributed by atoms with Gasteiger partial charge in [0.1, 0.15) is 0 Å². The zero-order chi connectivity index (χ0) is 11.3. The van der Waals surface area contributed by atoms with Crippen LogP contribution < -0.4 is 5.32 Å². The van der Waals surface area contributed by atoms with Gasteiger partial charge in [0, 0.05) is 11.4 Å². The Bertz CT molecular complexity index is 292. The molecule has 0 aliphatic carbocycles. The van der Waals surface area contributed by atoms with Crippen LogP contribution in [0.25, 0.3) is 0 Å². The van der Waals surface area contributed by atoms with Crippen molar-refractivity contribution >= 4 is 11.3 Å². The van der Waals surface area contributed by atoms with Gasteiger partial charge in [-0.25, -0.2) is 4.98 Å². The van der Waals surface area contributed by atoms with Crippen molar-refractivity contribution in [1.29, 1.82) is 0 Å².